The van der Waals surface area contributed by atoms with Gasteiger partial charge in [-0.2, -0.15) is 0 Å². The van der Waals surface area contributed by atoms with E-state index >= 15 is 0 Å². The Bertz CT molecular complexity index is 341. The Hall–Kier alpha value is -1.16. The molecule has 0 aliphatic heterocycles. The van der Waals surface area contributed by atoms with Gasteiger partial charge in [0.25, 0.3) is 0 Å². The Morgan fingerprint density at radius 1 is 1.50 bits per heavy atom. The molecule has 76 valence electrons. The van der Waals surface area contributed by atoms with Gasteiger partial charge in [-0.1, -0.05) is 20.8 Å². The van der Waals surface area contributed by atoms with Crippen molar-refractivity contribution in [2.75, 3.05) is 5.32 Å². The molecular weight excluding hydrogens is 194 g/mol. The van der Waals surface area contributed by atoms with Crippen LogP contribution in [0.1, 0.15) is 26.3 Å². The van der Waals surface area contributed by atoms with Gasteiger partial charge in [-0.25, -0.2) is 4.98 Å². The number of thiocarbonyl (C=S) groups is 1. The SMILES string of the molecule is CC(C)(C)c1ccnc(NC(N)=S)c1. The summed E-state index contributed by atoms with van der Waals surface area (Å²) in [4.78, 5) is 4.11. The lowest BCUT2D eigenvalue weighted by Gasteiger charge is -2.19. The summed E-state index contributed by atoms with van der Waals surface area (Å²) in [6.45, 7) is 6.44. The van der Waals surface area contributed by atoms with Crippen LogP contribution in [0, 0.1) is 0 Å². The van der Waals surface area contributed by atoms with Gasteiger partial charge in [0.2, 0.25) is 0 Å². The fourth-order valence-electron chi connectivity index (χ4n) is 1.09. The Morgan fingerprint density at radius 2 is 2.14 bits per heavy atom. The summed E-state index contributed by atoms with van der Waals surface area (Å²) >= 11 is 4.74. The van der Waals surface area contributed by atoms with Gasteiger partial charge in [0.1, 0.15) is 5.82 Å². The molecule has 0 atom stereocenters. The van der Waals surface area contributed by atoms with Crippen molar-refractivity contribution in [2.45, 2.75) is 26.2 Å². The number of pyridine rings is 1. The number of nitrogens with one attached hydrogen (secondary N) is 1. The van der Waals surface area contributed by atoms with Crippen LogP contribution in [0.3, 0.4) is 0 Å². The van der Waals surface area contributed by atoms with Gasteiger partial charge in [0, 0.05) is 6.20 Å². The average molecular weight is 209 g/mol. The molecule has 4 heteroatoms. The lowest BCUT2D eigenvalue weighted by Crippen LogP contribution is -2.20. The topological polar surface area (TPSA) is 50.9 Å². The van der Waals surface area contributed by atoms with E-state index in [2.05, 4.69) is 31.1 Å². The third kappa shape index (κ3) is 2.96. The van der Waals surface area contributed by atoms with Crippen LogP contribution in [-0.4, -0.2) is 10.1 Å². The highest BCUT2D eigenvalue weighted by atomic mass is 32.1. The molecule has 0 unspecified atom stereocenters. The number of hydrogen-bond acceptors (Lipinski definition) is 2. The van der Waals surface area contributed by atoms with Gasteiger partial charge < -0.3 is 11.1 Å². The monoisotopic (exact) mass is 209 g/mol. The largest absolute Gasteiger partial charge is 0.376 e. The first-order chi connectivity index (χ1) is 6.39. The minimum absolute atomic E-state index is 0.107. The summed E-state index contributed by atoms with van der Waals surface area (Å²) in [5.41, 5.74) is 6.67. The molecular formula is C10H15N3S. The van der Waals surface area contributed by atoms with E-state index in [1.807, 2.05) is 12.1 Å². The minimum Gasteiger partial charge on any atom is -0.376 e. The molecule has 0 radical (unpaired) electrons. The Kier molecular flexibility index (Phi) is 3.06. The van der Waals surface area contributed by atoms with Crippen LogP contribution >= 0.6 is 12.2 Å². The summed E-state index contributed by atoms with van der Waals surface area (Å²) in [6, 6.07) is 3.95. The third-order valence-electron chi connectivity index (χ3n) is 1.88. The molecule has 3 N–H and O–H groups in total. The highest BCUT2D eigenvalue weighted by Crippen LogP contribution is 2.23. The van der Waals surface area contributed by atoms with Crippen LogP contribution in [0.2, 0.25) is 0 Å². The summed E-state index contributed by atoms with van der Waals surface area (Å²) in [5, 5.41) is 3.05. The fraction of sp³-hybridized carbons (Fsp3) is 0.400. The van der Waals surface area contributed by atoms with Crippen molar-refractivity contribution < 1.29 is 0 Å². The van der Waals surface area contributed by atoms with Gasteiger partial charge in [0.15, 0.2) is 5.11 Å². The Morgan fingerprint density at radius 3 is 2.64 bits per heavy atom. The number of anilines is 1. The van der Waals surface area contributed by atoms with E-state index < -0.39 is 0 Å². The molecule has 1 aromatic heterocycles. The molecule has 0 fully saturated rings. The van der Waals surface area contributed by atoms with E-state index in [1.54, 1.807) is 6.20 Å². The molecule has 0 amide bonds. The number of nitrogens with two attached hydrogens (primary N) is 1. The van der Waals surface area contributed by atoms with Crippen molar-refractivity contribution in [1.29, 1.82) is 0 Å². The molecule has 0 spiro atoms. The first-order valence-electron chi connectivity index (χ1n) is 4.42. The lowest BCUT2D eigenvalue weighted by molar-refractivity contribution is 0.589. The van der Waals surface area contributed by atoms with E-state index in [0.717, 1.165) is 0 Å². The molecule has 0 aliphatic rings. The first-order valence-corrected chi connectivity index (χ1v) is 4.83. The maximum atomic E-state index is 5.36. The molecule has 14 heavy (non-hydrogen) atoms. The second kappa shape index (κ2) is 3.92. The van der Waals surface area contributed by atoms with Crippen molar-refractivity contribution in [3.05, 3.63) is 23.9 Å². The van der Waals surface area contributed by atoms with Crippen molar-refractivity contribution in [3.8, 4) is 0 Å². The van der Waals surface area contributed by atoms with Crippen LogP contribution in [0.4, 0.5) is 5.82 Å². The standard InChI is InChI=1S/C10H15N3S/c1-10(2,3)7-4-5-12-8(6-7)13-9(11)14/h4-6H,1-3H3,(H3,11,12,13,14). The third-order valence-corrected chi connectivity index (χ3v) is 1.98. The normalized spacial score (nSPS) is 11.1. The second-order valence-electron chi connectivity index (χ2n) is 4.17. The second-order valence-corrected chi connectivity index (χ2v) is 4.61. The van der Waals surface area contributed by atoms with Crippen LogP contribution < -0.4 is 11.1 Å². The molecule has 0 saturated carbocycles. The summed E-state index contributed by atoms with van der Waals surface area (Å²) < 4.78 is 0. The summed E-state index contributed by atoms with van der Waals surface area (Å²) in [6.07, 6.45) is 1.75. The van der Waals surface area contributed by atoms with Crippen molar-refractivity contribution in [2.24, 2.45) is 5.73 Å². The molecule has 1 rings (SSSR count). The quantitative estimate of drug-likeness (QED) is 0.695. The van der Waals surface area contributed by atoms with E-state index in [4.69, 9.17) is 18.0 Å². The zero-order chi connectivity index (χ0) is 10.8. The van der Waals surface area contributed by atoms with E-state index in [9.17, 15) is 0 Å². The highest BCUT2D eigenvalue weighted by molar-refractivity contribution is 7.80. The van der Waals surface area contributed by atoms with Crippen LogP contribution in [-0.2, 0) is 5.41 Å². The first kappa shape index (κ1) is 10.9. The highest BCUT2D eigenvalue weighted by Gasteiger charge is 2.13. The predicted molar refractivity (Wildman–Crippen MR) is 63.3 cm³/mol. The maximum absolute atomic E-state index is 5.36. The number of aromatic nitrogens is 1. The van der Waals surface area contributed by atoms with E-state index in [-0.39, 0.29) is 10.5 Å². The summed E-state index contributed by atoms with van der Waals surface area (Å²) in [7, 11) is 0. The van der Waals surface area contributed by atoms with Crippen LogP contribution in [0.25, 0.3) is 0 Å². The van der Waals surface area contributed by atoms with Crippen LogP contribution in [0.5, 0.6) is 0 Å². The van der Waals surface area contributed by atoms with Crippen molar-refractivity contribution in [3.63, 3.8) is 0 Å². The predicted octanol–water partition coefficient (Wildman–Crippen LogP) is 2.03. The molecule has 3 nitrogen and oxygen atoms in total. The average Bonchev–Trinajstić information content (AvgIpc) is 2.01. The van der Waals surface area contributed by atoms with Gasteiger partial charge in [-0.15, -0.1) is 0 Å². The molecule has 0 saturated heterocycles. The van der Waals surface area contributed by atoms with Gasteiger partial charge in [0.05, 0.1) is 0 Å². The zero-order valence-corrected chi connectivity index (χ0v) is 9.48. The molecule has 0 aromatic carbocycles. The Labute approximate surface area is 89.7 Å². The van der Waals surface area contributed by atoms with Crippen LogP contribution in [0.15, 0.2) is 18.3 Å². The fourth-order valence-corrected chi connectivity index (χ4v) is 1.20. The smallest absolute Gasteiger partial charge is 0.169 e. The van der Waals surface area contributed by atoms with Crippen molar-refractivity contribution >= 4 is 23.1 Å². The van der Waals surface area contributed by atoms with Gasteiger partial charge in [-0.05, 0) is 35.3 Å². The number of rotatable bonds is 1. The molecule has 0 bridgehead atoms. The molecule has 1 aromatic rings. The Balaban J connectivity index is 2.95. The zero-order valence-electron chi connectivity index (χ0n) is 8.66. The van der Waals surface area contributed by atoms with E-state index in [1.165, 1.54) is 5.56 Å². The maximum Gasteiger partial charge on any atom is 0.169 e. The molecule has 1 heterocycles. The van der Waals surface area contributed by atoms with E-state index in [0.29, 0.717) is 5.82 Å². The van der Waals surface area contributed by atoms with Crippen molar-refractivity contribution in [1.82, 2.24) is 4.98 Å². The molecule has 0 aliphatic carbocycles. The lowest BCUT2D eigenvalue weighted by atomic mass is 9.88. The van der Waals surface area contributed by atoms with Gasteiger partial charge >= 0.3 is 0 Å². The number of nitrogens with zero attached hydrogens (tertiary/aromatic N) is 1. The van der Waals surface area contributed by atoms with Gasteiger partial charge in [-0.3, -0.25) is 0 Å². The summed E-state index contributed by atoms with van der Waals surface area (Å²) in [5.74, 6) is 0.699. The number of hydrogen-bond donors (Lipinski definition) is 2. The minimum atomic E-state index is 0.107.